The van der Waals surface area contributed by atoms with Gasteiger partial charge in [0.05, 0.1) is 29.1 Å². The van der Waals surface area contributed by atoms with E-state index in [0.717, 1.165) is 21.0 Å². The second kappa shape index (κ2) is 7.23. The molecule has 0 spiro atoms. The lowest BCUT2D eigenvalue weighted by Gasteiger charge is -1.98. The summed E-state index contributed by atoms with van der Waals surface area (Å²) in [7, 11) is 1.59. The third-order valence-corrected chi connectivity index (χ3v) is 6.14. The third kappa shape index (κ3) is 3.27. The second-order valence-electron chi connectivity index (χ2n) is 5.70. The Morgan fingerprint density at radius 2 is 2.00 bits per heavy atom. The number of rotatable bonds is 4. The largest absolute Gasteiger partial charge is 0.497 e. The number of H-pyrrole nitrogens is 1. The van der Waals surface area contributed by atoms with Crippen LogP contribution in [0.2, 0.25) is 10.0 Å². The van der Waals surface area contributed by atoms with Crippen molar-refractivity contribution in [2.24, 2.45) is 5.10 Å². The highest BCUT2D eigenvalue weighted by atomic mass is 35.5. The number of carbonyl (C=O) groups is 1. The molecular weight excluding hydrogens is 405 g/mol. The maximum absolute atomic E-state index is 12.5. The van der Waals surface area contributed by atoms with E-state index < -0.39 is 0 Å². The van der Waals surface area contributed by atoms with E-state index in [0.29, 0.717) is 26.4 Å². The van der Waals surface area contributed by atoms with Gasteiger partial charge in [-0.05, 0) is 24.3 Å². The lowest BCUT2D eigenvalue weighted by atomic mass is 10.2. The van der Waals surface area contributed by atoms with Crippen molar-refractivity contribution in [2.45, 2.75) is 0 Å². The van der Waals surface area contributed by atoms with Gasteiger partial charge in [-0.15, -0.1) is 11.3 Å². The Hall–Kier alpha value is -2.54. The second-order valence-corrected chi connectivity index (χ2v) is 7.51. The summed E-state index contributed by atoms with van der Waals surface area (Å²) in [5.41, 5.74) is 4.01. The fraction of sp³-hybridized carbons (Fsp3) is 0.0526. The van der Waals surface area contributed by atoms with E-state index in [2.05, 4.69) is 15.5 Å². The van der Waals surface area contributed by atoms with E-state index in [4.69, 9.17) is 27.9 Å². The van der Waals surface area contributed by atoms with Crippen molar-refractivity contribution in [3.63, 3.8) is 0 Å². The standard InChI is InChI=1S/C19H13Cl2N3O2S/c1-26-10-6-7-12-15(8-10)27-18(17(12)21)19(25)24-22-9-14-16(20)11-4-2-3-5-13(11)23-14/h2-9,23H,1H3,(H,24,25). The first-order chi connectivity index (χ1) is 13.1. The number of para-hydroxylation sites is 1. The van der Waals surface area contributed by atoms with Gasteiger partial charge in [0.1, 0.15) is 10.6 Å². The van der Waals surface area contributed by atoms with Crippen LogP contribution in [-0.2, 0) is 0 Å². The van der Waals surface area contributed by atoms with E-state index in [1.165, 1.54) is 17.6 Å². The topological polar surface area (TPSA) is 66.5 Å². The van der Waals surface area contributed by atoms with Gasteiger partial charge in [0.25, 0.3) is 5.91 Å². The zero-order valence-corrected chi connectivity index (χ0v) is 16.4. The summed E-state index contributed by atoms with van der Waals surface area (Å²) in [5.74, 6) is 0.322. The maximum Gasteiger partial charge on any atom is 0.283 e. The molecule has 0 atom stereocenters. The average molecular weight is 418 g/mol. The van der Waals surface area contributed by atoms with E-state index >= 15 is 0 Å². The number of thiophene rings is 1. The Bertz CT molecular complexity index is 1200. The Kier molecular flexibility index (Phi) is 4.78. The minimum atomic E-state index is -0.386. The average Bonchev–Trinajstić information content (AvgIpc) is 3.19. The van der Waals surface area contributed by atoms with Gasteiger partial charge < -0.3 is 9.72 Å². The van der Waals surface area contributed by atoms with Gasteiger partial charge in [0.15, 0.2) is 0 Å². The molecule has 2 N–H and O–H groups in total. The highest BCUT2D eigenvalue weighted by Crippen LogP contribution is 2.37. The van der Waals surface area contributed by atoms with Crippen molar-refractivity contribution in [3.05, 3.63) is 63.1 Å². The number of amides is 1. The number of hydrogen-bond donors (Lipinski definition) is 2. The summed E-state index contributed by atoms with van der Waals surface area (Å²) >= 11 is 14.0. The quantitative estimate of drug-likeness (QED) is 0.341. The molecule has 0 fully saturated rings. The lowest BCUT2D eigenvalue weighted by Crippen LogP contribution is -2.16. The van der Waals surface area contributed by atoms with Crippen molar-refractivity contribution in [2.75, 3.05) is 7.11 Å². The molecule has 2 aromatic carbocycles. The molecule has 0 aliphatic heterocycles. The van der Waals surface area contributed by atoms with Crippen LogP contribution in [0.4, 0.5) is 0 Å². The zero-order chi connectivity index (χ0) is 19.0. The molecule has 4 rings (SSSR count). The highest BCUT2D eigenvalue weighted by molar-refractivity contribution is 7.21. The fourth-order valence-electron chi connectivity index (χ4n) is 2.74. The van der Waals surface area contributed by atoms with Crippen molar-refractivity contribution >= 4 is 67.6 Å². The number of aromatic amines is 1. The van der Waals surface area contributed by atoms with Crippen molar-refractivity contribution in [1.29, 1.82) is 0 Å². The predicted octanol–water partition coefficient (Wildman–Crippen LogP) is 5.46. The maximum atomic E-state index is 12.5. The number of hydrazone groups is 1. The van der Waals surface area contributed by atoms with Crippen LogP contribution in [0.3, 0.4) is 0 Å². The number of benzene rings is 2. The molecular formula is C19H13Cl2N3O2S. The van der Waals surface area contributed by atoms with Crippen LogP contribution in [0.5, 0.6) is 5.75 Å². The van der Waals surface area contributed by atoms with Gasteiger partial charge >= 0.3 is 0 Å². The fourth-order valence-corrected chi connectivity index (χ4v) is 4.44. The Labute approximate surface area is 168 Å². The van der Waals surface area contributed by atoms with Crippen molar-refractivity contribution in [3.8, 4) is 5.75 Å². The first-order valence-electron chi connectivity index (χ1n) is 7.94. The molecule has 0 unspecified atom stereocenters. The van der Waals surface area contributed by atoms with Crippen LogP contribution in [0.1, 0.15) is 15.4 Å². The van der Waals surface area contributed by atoms with Crippen LogP contribution in [0, 0.1) is 0 Å². The summed E-state index contributed by atoms with van der Waals surface area (Å²) < 4.78 is 6.07. The van der Waals surface area contributed by atoms with Crippen LogP contribution in [0.25, 0.3) is 21.0 Å². The van der Waals surface area contributed by atoms with Gasteiger partial charge in [-0.1, -0.05) is 41.4 Å². The number of carbonyl (C=O) groups excluding carboxylic acids is 1. The molecule has 0 saturated carbocycles. The normalized spacial score (nSPS) is 11.5. The molecule has 0 saturated heterocycles. The summed E-state index contributed by atoms with van der Waals surface area (Å²) in [4.78, 5) is 16.0. The van der Waals surface area contributed by atoms with Crippen molar-refractivity contribution < 1.29 is 9.53 Å². The number of halogens is 2. The van der Waals surface area contributed by atoms with Crippen LogP contribution < -0.4 is 10.2 Å². The van der Waals surface area contributed by atoms with E-state index in [9.17, 15) is 4.79 Å². The Morgan fingerprint density at radius 1 is 1.19 bits per heavy atom. The van der Waals surface area contributed by atoms with Gasteiger partial charge in [0, 0.05) is 21.0 Å². The SMILES string of the molecule is COc1ccc2c(Cl)c(C(=O)NN=Cc3[nH]c4ccccc4c3Cl)sc2c1. The highest BCUT2D eigenvalue weighted by Gasteiger charge is 2.17. The lowest BCUT2D eigenvalue weighted by molar-refractivity contribution is 0.0959. The number of nitrogens with zero attached hydrogens (tertiary/aromatic N) is 1. The molecule has 0 bridgehead atoms. The summed E-state index contributed by atoms with van der Waals surface area (Å²) in [5, 5.41) is 6.65. The van der Waals surface area contributed by atoms with Crippen LogP contribution >= 0.6 is 34.5 Å². The molecule has 136 valence electrons. The van der Waals surface area contributed by atoms with E-state index in [-0.39, 0.29) is 5.91 Å². The summed E-state index contributed by atoms with van der Waals surface area (Å²) in [6.07, 6.45) is 1.48. The molecule has 5 nitrogen and oxygen atoms in total. The molecule has 2 aromatic heterocycles. The molecule has 2 heterocycles. The smallest absolute Gasteiger partial charge is 0.283 e. The minimum Gasteiger partial charge on any atom is -0.497 e. The number of methoxy groups -OCH3 is 1. The molecule has 0 aliphatic carbocycles. The number of fused-ring (bicyclic) bond motifs is 2. The summed E-state index contributed by atoms with van der Waals surface area (Å²) in [6, 6.07) is 13.1. The first-order valence-corrected chi connectivity index (χ1v) is 9.51. The number of nitrogens with one attached hydrogen (secondary N) is 2. The molecule has 8 heteroatoms. The van der Waals surface area contributed by atoms with Gasteiger partial charge in [-0.2, -0.15) is 5.10 Å². The number of aromatic nitrogens is 1. The summed E-state index contributed by atoms with van der Waals surface area (Å²) in [6.45, 7) is 0. The van der Waals surface area contributed by atoms with E-state index in [1.807, 2.05) is 36.4 Å². The molecule has 0 radical (unpaired) electrons. The molecule has 0 aliphatic rings. The molecule has 1 amide bonds. The van der Waals surface area contributed by atoms with Gasteiger partial charge in [0.2, 0.25) is 0 Å². The number of ether oxygens (including phenoxy) is 1. The Morgan fingerprint density at radius 3 is 2.78 bits per heavy atom. The predicted molar refractivity (Wildman–Crippen MR) is 112 cm³/mol. The van der Waals surface area contributed by atoms with Gasteiger partial charge in [-0.25, -0.2) is 5.43 Å². The number of hydrogen-bond acceptors (Lipinski definition) is 4. The molecule has 4 aromatic rings. The van der Waals surface area contributed by atoms with Gasteiger partial charge in [-0.3, -0.25) is 4.79 Å². The Balaban J connectivity index is 1.57. The van der Waals surface area contributed by atoms with Crippen molar-refractivity contribution in [1.82, 2.24) is 10.4 Å². The molecule has 27 heavy (non-hydrogen) atoms. The van der Waals surface area contributed by atoms with Crippen LogP contribution in [0.15, 0.2) is 47.6 Å². The third-order valence-electron chi connectivity index (χ3n) is 4.07. The zero-order valence-electron chi connectivity index (χ0n) is 14.0. The minimum absolute atomic E-state index is 0.386. The monoisotopic (exact) mass is 417 g/mol. The first kappa shape index (κ1) is 17.9. The van der Waals surface area contributed by atoms with Crippen LogP contribution in [-0.4, -0.2) is 24.2 Å². The van der Waals surface area contributed by atoms with E-state index in [1.54, 1.807) is 13.2 Å².